The number of amides is 1. The van der Waals surface area contributed by atoms with Gasteiger partial charge in [-0.25, -0.2) is 4.79 Å². The molecule has 0 aliphatic heterocycles. The van der Waals surface area contributed by atoms with Gasteiger partial charge in [-0.1, -0.05) is 48.5 Å². The number of ether oxygens (including phenoxy) is 1. The Kier molecular flexibility index (Phi) is 4.80. The van der Waals surface area contributed by atoms with Gasteiger partial charge in [0.1, 0.15) is 0 Å². The highest BCUT2D eigenvalue weighted by Gasteiger charge is 2.15. The van der Waals surface area contributed by atoms with Gasteiger partial charge in [0, 0.05) is 5.56 Å². The van der Waals surface area contributed by atoms with E-state index in [9.17, 15) is 9.59 Å². The normalized spacial score (nSPS) is 11.8. The van der Waals surface area contributed by atoms with Gasteiger partial charge in [0.25, 0.3) is 5.91 Å². The Balaban J connectivity index is 1.84. The number of benzene rings is 3. The van der Waals surface area contributed by atoms with E-state index in [4.69, 9.17) is 4.74 Å². The Hall–Kier alpha value is -3.14. The van der Waals surface area contributed by atoms with Gasteiger partial charge in [0.05, 0.1) is 18.7 Å². The van der Waals surface area contributed by atoms with Crippen molar-refractivity contribution in [2.45, 2.75) is 13.0 Å². The quantitative estimate of drug-likeness (QED) is 0.731. The summed E-state index contributed by atoms with van der Waals surface area (Å²) in [5.41, 5.74) is 1.83. The third kappa shape index (κ3) is 3.53. The monoisotopic (exact) mass is 333 g/mol. The number of nitrogens with one attached hydrogen (secondary N) is 1. The number of hydrogen-bond donors (Lipinski definition) is 1. The fourth-order valence-corrected chi connectivity index (χ4v) is 2.89. The molecule has 0 radical (unpaired) electrons. The van der Waals surface area contributed by atoms with Crippen LogP contribution in [0.25, 0.3) is 10.8 Å². The summed E-state index contributed by atoms with van der Waals surface area (Å²) in [6.45, 7) is 1.95. The first-order chi connectivity index (χ1) is 12.1. The van der Waals surface area contributed by atoms with Crippen LogP contribution in [0.1, 0.15) is 39.2 Å². The fourth-order valence-electron chi connectivity index (χ4n) is 2.89. The van der Waals surface area contributed by atoms with E-state index in [1.807, 2.05) is 49.4 Å². The van der Waals surface area contributed by atoms with Gasteiger partial charge in [-0.15, -0.1) is 0 Å². The largest absolute Gasteiger partial charge is 0.465 e. The molecule has 0 saturated carbocycles. The van der Waals surface area contributed by atoms with Crippen LogP contribution in [0.2, 0.25) is 0 Å². The second kappa shape index (κ2) is 7.18. The predicted octanol–water partition coefficient (Wildman–Crippen LogP) is 4.12. The molecule has 4 nitrogen and oxygen atoms in total. The van der Waals surface area contributed by atoms with E-state index >= 15 is 0 Å². The van der Waals surface area contributed by atoms with Crippen molar-refractivity contribution in [2.75, 3.05) is 7.11 Å². The van der Waals surface area contributed by atoms with Crippen molar-refractivity contribution in [1.29, 1.82) is 0 Å². The summed E-state index contributed by atoms with van der Waals surface area (Å²) in [7, 11) is 1.32. The lowest BCUT2D eigenvalue weighted by atomic mass is 9.99. The van der Waals surface area contributed by atoms with Crippen molar-refractivity contribution < 1.29 is 14.3 Å². The Bertz CT molecular complexity index is 928. The number of carbonyl (C=O) groups is 2. The fraction of sp³-hybridized carbons (Fsp3) is 0.143. The molecule has 0 fully saturated rings. The van der Waals surface area contributed by atoms with Crippen molar-refractivity contribution in [3.63, 3.8) is 0 Å². The zero-order chi connectivity index (χ0) is 17.8. The molecule has 0 spiro atoms. The molecule has 1 N–H and O–H groups in total. The van der Waals surface area contributed by atoms with E-state index < -0.39 is 5.97 Å². The van der Waals surface area contributed by atoms with Crippen LogP contribution in [0.15, 0.2) is 66.7 Å². The molecule has 0 aromatic heterocycles. The Morgan fingerprint density at radius 1 is 0.920 bits per heavy atom. The lowest BCUT2D eigenvalue weighted by Crippen LogP contribution is -2.27. The molecule has 3 aromatic rings. The maximum absolute atomic E-state index is 12.6. The first-order valence-electron chi connectivity index (χ1n) is 8.07. The number of esters is 1. The van der Waals surface area contributed by atoms with Crippen LogP contribution in [-0.2, 0) is 4.74 Å². The van der Waals surface area contributed by atoms with Crippen LogP contribution in [0, 0.1) is 0 Å². The van der Waals surface area contributed by atoms with Crippen LogP contribution in [0.3, 0.4) is 0 Å². The van der Waals surface area contributed by atoms with E-state index in [0.29, 0.717) is 11.1 Å². The summed E-state index contributed by atoms with van der Waals surface area (Å²) in [6, 6.07) is 20.5. The highest BCUT2D eigenvalue weighted by Crippen LogP contribution is 2.24. The van der Waals surface area contributed by atoms with Gasteiger partial charge < -0.3 is 10.1 Å². The van der Waals surface area contributed by atoms with Crippen LogP contribution in [-0.4, -0.2) is 19.0 Å². The van der Waals surface area contributed by atoms with Gasteiger partial charge in [0.2, 0.25) is 0 Å². The summed E-state index contributed by atoms with van der Waals surface area (Å²) in [5, 5.41) is 5.24. The van der Waals surface area contributed by atoms with Crippen LogP contribution < -0.4 is 5.32 Å². The average Bonchev–Trinajstić information content (AvgIpc) is 2.66. The van der Waals surface area contributed by atoms with Gasteiger partial charge in [-0.05, 0) is 41.5 Å². The first-order valence-corrected chi connectivity index (χ1v) is 8.07. The minimum Gasteiger partial charge on any atom is -0.465 e. The lowest BCUT2D eigenvalue weighted by molar-refractivity contribution is 0.0600. The van der Waals surface area contributed by atoms with E-state index in [0.717, 1.165) is 16.3 Å². The molecule has 25 heavy (non-hydrogen) atoms. The second-order valence-electron chi connectivity index (χ2n) is 5.84. The van der Waals surface area contributed by atoms with E-state index in [-0.39, 0.29) is 11.9 Å². The SMILES string of the molecule is COC(=O)c1cccc(C(=O)NC(C)c2cccc3ccccc23)c1. The number of hydrogen-bond acceptors (Lipinski definition) is 3. The molecule has 3 rings (SSSR count). The smallest absolute Gasteiger partial charge is 0.337 e. The number of carbonyl (C=O) groups excluding carboxylic acids is 2. The minimum absolute atomic E-state index is 0.166. The molecule has 0 aliphatic rings. The summed E-state index contributed by atoms with van der Waals surface area (Å²) in [6.07, 6.45) is 0. The molecule has 1 atom stereocenters. The molecule has 4 heteroatoms. The summed E-state index contributed by atoms with van der Waals surface area (Å²) in [4.78, 5) is 24.2. The van der Waals surface area contributed by atoms with Crippen molar-refractivity contribution >= 4 is 22.6 Å². The average molecular weight is 333 g/mol. The molecule has 0 bridgehead atoms. The van der Waals surface area contributed by atoms with Crippen LogP contribution in [0.5, 0.6) is 0 Å². The minimum atomic E-state index is -0.461. The molecule has 0 saturated heterocycles. The van der Waals surface area contributed by atoms with Gasteiger partial charge >= 0.3 is 5.97 Å². The van der Waals surface area contributed by atoms with Crippen LogP contribution >= 0.6 is 0 Å². The van der Waals surface area contributed by atoms with Crippen LogP contribution in [0.4, 0.5) is 0 Å². The van der Waals surface area contributed by atoms with E-state index in [2.05, 4.69) is 5.32 Å². The first kappa shape index (κ1) is 16.7. The summed E-state index contributed by atoms with van der Waals surface area (Å²) < 4.78 is 4.70. The predicted molar refractivity (Wildman–Crippen MR) is 97.6 cm³/mol. The zero-order valence-corrected chi connectivity index (χ0v) is 14.2. The Morgan fingerprint density at radius 3 is 2.40 bits per heavy atom. The lowest BCUT2D eigenvalue weighted by Gasteiger charge is -2.17. The second-order valence-corrected chi connectivity index (χ2v) is 5.84. The van der Waals surface area contributed by atoms with Crippen molar-refractivity contribution in [2.24, 2.45) is 0 Å². The molecular formula is C21H19NO3. The van der Waals surface area contributed by atoms with Gasteiger partial charge in [0.15, 0.2) is 0 Å². The highest BCUT2D eigenvalue weighted by atomic mass is 16.5. The summed E-state index contributed by atoms with van der Waals surface area (Å²) in [5.74, 6) is -0.692. The zero-order valence-electron chi connectivity index (χ0n) is 14.2. The molecular weight excluding hydrogens is 314 g/mol. The highest BCUT2D eigenvalue weighted by molar-refractivity contribution is 5.98. The molecule has 126 valence electrons. The number of methoxy groups -OCH3 is 1. The topological polar surface area (TPSA) is 55.4 Å². The van der Waals surface area contributed by atoms with E-state index in [1.165, 1.54) is 13.2 Å². The molecule has 3 aromatic carbocycles. The Morgan fingerprint density at radius 2 is 1.60 bits per heavy atom. The maximum atomic E-state index is 12.6. The summed E-state index contributed by atoms with van der Waals surface area (Å²) >= 11 is 0. The van der Waals surface area contributed by atoms with Crippen molar-refractivity contribution in [3.8, 4) is 0 Å². The number of fused-ring (bicyclic) bond motifs is 1. The van der Waals surface area contributed by atoms with Gasteiger partial charge in [-0.3, -0.25) is 4.79 Å². The third-order valence-corrected chi connectivity index (χ3v) is 4.18. The molecule has 0 heterocycles. The maximum Gasteiger partial charge on any atom is 0.337 e. The van der Waals surface area contributed by atoms with Crippen molar-refractivity contribution in [3.05, 3.63) is 83.4 Å². The molecule has 0 aliphatic carbocycles. The van der Waals surface area contributed by atoms with Gasteiger partial charge in [-0.2, -0.15) is 0 Å². The standard InChI is InChI=1S/C21H19NO3/c1-14(18-12-6-8-15-7-3-4-11-19(15)18)22-20(23)16-9-5-10-17(13-16)21(24)25-2/h3-14H,1-2H3,(H,22,23). The molecule has 1 unspecified atom stereocenters. The van der Waals surface area contributed by atoms with E-state index in [1.54, 1.807) is 18.2 Å². The number of rotatable bonds is 4. The van der Waals surface area contributed by atoms with Crippen molar-refractivity contribution in [1.82, 2.24) is 5.32 Å². The Labute approximate surface area is 146 Å². The third-order valence-electron chi connectivity index (χ3n) is 4.18. The molecule has 1 amide bonds.